The fourth-order valence-corrected chi connectivity index (χ4v) is 5.31. The van der Waals surface area contributed by atoms with Gasteiger partial charge in [0.1, 0.15) is 0 Å². The van der Waals surface area contributed by atoms with Crippen molar-refractivity contribution in [3.05, 3.63) is 100 Å². The second-order valence-corrected chi connectivity index (χ2v) is 10.6. The Hall–Kier alpha value is -4.11. The van der Waals surface area contributed by atoms with Gasteiger partial charge in [-0.05, 0) is 72.5 Å². The van der Waals surface area contributed by atoms with Crippen LogP contribution in [-0.4, -0.2) is 33.9 Å². The number of aromatic nitrogens is 1. The van der Waals surface area contributed by atoms with Gasteiger partial charge in [-0.15, -0.1) is 0 Å². The number of alkyl halides is 3. The second kappa shape index (κ2) is 12.8. The van der Waals surface area contributed by atoms with Crippen molar-refractivity contribution in [1.29, 1.82) is 0 Å². The van der Waals surface area contributed by atoms with Crippen LogP contribution in [0.25, 0.3) is 16.6 Å². The number of amides is 1. The van der Waals surface area contributed by atoms with E-state index in [-0.39, 0.29) is 36.0 Å². The first-order valence-corrected chi connectivity index (χ1v) is 13.9. The molecule has 0 aliphatic heterocycles. The number of carbonyl (C=O) groups excluding carboxylic acids is 2. The zero-order valence-corrected chi connectivity index (χ0v) is 23.8. The predicted octanol–water partition coefficient (Wildman–Crippen LogP) is 7.91. The number of benzene rings is 3. The Bertz CT molecular complexity index is 1610. The summed E-state index contributed by atoms with van der Waals surface area (Å²) in [6, 6.07) is 18.3. The summed E-state index contributed by atoms with van der Waals surface area (Å²) in [6.07, 6.45) is -3.52. The number of hydrogen-bond acceptors (Lipinski definition) is 3. The van der Waals surface area contributed by atoms with E-state index >= 15 is 0 Å². The summed E-state index contributed by atoms with van der Waals surface area (Å²) >= 11 is 6.21. The molecule has 0 aliphatic rings. The van der Waals surface area contributed by atoms with Crippen LogP contribution in [0.15, 0.2) is 72.8 Å². The number of carboxylic acid groups (broad SMARTS) is 1. The number of carbonyl (C=O) groups is 3. The van der Waals surface area contributed by atoms with Gasteiger partial charge in [-0.25, -0.2) is 0 Å². The van der Waals surface area contributed by atoms with Crippen LogP contribution in [0.1, 0.15) is 71.0 Å². The standard InChI is InChI=1S/C32H30ClF3N2O4/c1-3-5-26(19(2)20-8-10-21(11-9-20)31(42)37-15-14-29(39)40)30(41)28-17-22-16-24(33)12-13-27(22)38(28)25-7-4-6-23(18-25)32(34,35)36/h4,6-13,16-19,26H,3,5,14-15H2,1-2H3,(H,37,42)(H,39,40). The van der Waals surface area contributed by atoms with Gasteiger partial charge in [-0.3, -0.25) is 14.4 Å². The molecule has 1 heterocycles. The summed E-state index contributed by atoms with van der Waals surface area (Å²) in [6.45, 7) is 3.87. The number of aliphatic carboxylic acids is 1. The Morgan fingerprint density at radius 3 is 2.36 bits per heavy atom. The quantitative estimate of drug-likeness (QED) is 0.172. The minimum atomic E-state index is -4.55. The van der Waals surface area contributed by atoms with E-state index in [0.29, 0.717) is 34.3 Å². The monoisotopic (exact) mass is 598 g/mol. The molecule has 1 amide bonds. The van der Waals surface area contributed by atoms with E-state index in [2.05, 4.69) is 5.32 Å². The van der Waals surface area contributed by atoms with Gasteiger partial charge >= 0.3 is 12.1 Å². The number of nitrogens with zero attached hydrogens (tertiary/aromatic N) is 1. The van der Waals surface area contributed by atoms with Crippen molar-refractivity contribution >= 4 is 40.2 Å². The normalized spacial score (nSPS) is 13.1. The molecule has 2 atom stereocenters. The topological polar surface area (TPSA) is 88.4 Å². The highest BCUT2D eigenvalue weighted by atomic mass is 35.5. The number of fused-ring (bicyclic) bond motifs is 1. The van der Waals surface area contributed by atoms with Crippen LogP contribution in [0.2, 0.25) is 5.02 Å². The fourth-order valence-electron chi connectivity index (χ4n) is 5.13. The van der Waals surface area contributed by atoms with Gasteiger partial charge in [0, 0.05) is 34.1 Å². The van der Waals surface area contributed by atoms with Crippen LogP contribution >= 0.6 is 11.6 Å². The van der Waals surface area contributed by atoms with Crippen LogP contribution in [0.4, 0.5) is 13.2 Å². The van der Waals surface area contributed by atoms with E-state index < -0.39 is 29.5 Å². The molecular formula is C32H30ClF3N2O4. The van der Waals surface area contributed by atoms with Crippen molar-refractivity contribution in [1.82, 2.24) is 9.88 Å². The van der Waals surface area contributed by atoms with Crippen LogP contribution < -0.4 is 5.32 Å². The van der Waals surface area contributed by atoms with Crippen molar-refractivity contribution in [3.8, 4) is 5.69 Å². The Labute approximate surface area is 246 Å². The van der Waals surface area contributed by atoms with Crippen molar-refractivity contribution in [3.63, 3.8) is 0 Å². The number of Topliss-reactive ketones (excluding diaryl/α,β-unsaturated/α-hetero) is 1. The summed E-state index contributed by atoms with van der Waals surface area (Å²) in [7, 11) is 0. The zero-order chi connectivity index (χ0) is 30.6. The molecule has 2 unspecified atom stereocenters. The van der Waals surface area contributed by atoms with Crippen molar-refractivity contribution in [2.24, 2.45) is 5.92 Å². The summed E-state index contributed by atoms with van der Waals surface area (Å²) in [4.78, 5) is 37.3. The number of hydrogen-bond donors (Lipinski definition) is 2. The van der Waals surface area contributed by atoms with Gasteiger partial charge in [-0.2, -0.15) is 13.2 Å². The smallest absolute Gasteiger partial charge is 0.416 e. The Kier molecular flexibility index (Phi) is 9.41. The van der Waals surface area contributed by atoms with Crippen LogP contribution in [0.3, 0.4) is 0 Å². The van der Waals surface area contributed by atoms with Crippen molar-refractivity contribution < 1.29 is 32.7 Å². The van der Waals surface area contributed by atoms with E-state index in [0.717, 1.165) is 17.7 Å². The lowest BCUT2D eigenvalue weighted by atomic mass is 9.80. The van der Waals surface area contributed by atoms with E-state index in [1.54, 1.807) is 59.2 Å². The number of rotatable bonds is 11. The lowest BCUT2D eigenvalue weighted by molar-refractivity contribution is -0.138. The predicted molar refractivity (Wildman–Crippen MR) is 155 cm³/mol. The van der Waals surface area contributed by atoms with E-state index in [1.807, 2.05) is 13.8 Å². The lowest BCUT2D eigenvalue weighted by Crippen LogP contribution is -2.26. The molecule has 1 aromatic heterocycles. The molecular weight excluding hydrogens is 569 g/mol. The minimum absolute atomic E-state index is 0.00445. The molecule has 4 rings (SSSR count). The lowest BCUT2D eigenvalue weighted by Gasteiger charge is -2.24. The van der Waals surface area contributed by atoms with Crippen molar-refractivity contribution in [2.75, 3.05) is 6.54 Å². The molecule has 0 saturated heterocycles. The first-order valence-electron chi connectivity index (χ1n) is 13.5. The molecule has 0 aliphatic carbocycles. The molecule has 2 N–H and O–H groups in total. The first kappa shape index (κ1) is 30.8. The average molecular weight is 599 g/mol. The Balaban J connectivity index is 1.71. The SMILES string of the molecule is CCCC(C(=O)c1cc2cc(Cl)ccc2n1-c1cccc(C(F)(F)F)c1)C(C)c1ccc(C(=O)NCCC(=O)O)cc1. The number of halogens is 4. The maximum Gasteiger partial charge on any atom is 0.416 e. The second-order valence-electron chi connectivity index (χ2n) is 10.2. The molecule has 6 nitrogen and oxygen atoms in total. The third-order valence-corrected chi connectivity index (χ3v) is 7.55. The molecule has 42 heavy (non-hydrogen) atoms. The molecule has 10 heteroatoms. The maximum absolute atomic E-state index is 14.2. The summed E-state index contributed by atoms with van der Waals surface area (Å²) in [5.74, 6) is -2.42. The largest absolute Gasteiger partial charge is 0.481 e. The number of ketones is 1. The highest BCUT2D eigenvalue weighted by molar-refractivity contribution is 6.31. The molecule has 0 fully saturated rings. The zero-order valence-electron chi connectivity index (χ0n) is 23.0. The summed E-state index contributed by atoms with van der Waals surface area (Å²) in [5, 5.41) is 12.4. The van der Waals surface area contributed by atoms with Gasteiger partial charge in [0.05, 0.1) is 23.2 Å². The Morgan fingerprint density at radius 2 is 1.71 bits per heavy atom. The van der Waals surface area contributed by atoms with E-state index in [9.17, 15) is 27.6 Å². The molecule has 220 valence electrons. The van der Waals surface area contributed by atoms with Gasteiger partial charge in [-0.1, -0.05) is 50.1 Å². The number of carboxylic acids is 1. The summed E-state index contributed by atoms with van der Waals surface area (Å²) in [5.41, 5.74) is 1.38. The molecule has 0 bridgehead atoms. The fraction of sp³-hybridized carbons (Fsp3) is 0.281. The van der Waals surface area contributed by atoms with Crippen LogP contribution in [0, 0.1) is 5.92 Å². The number of nitrogens with one attached hydrogen (secondary N) is 1. The summed E-state index contributed by atoms with van der Waals surface area (Å²) < 4.78 is 42.3. The van der Waals surface area contributed by atoms with Gasteiger partial charge in [0.2, 0.25) is 0 Å². The first-order chi connectivity index (χ1) is 19.9. The highest BCUT2D eigenvalue weighted by Gasteiger charge is 2.32. The van der Waals surface area contributed by atoms with Gasteiger partial charge in [0.15, 0.2) is 5.78 Å². The molecule has 0 spiro atoms. The van der Waals surface area contributed by atoms with Gasteiger partial charge < -0.3 is 15.0 Å². The third kappa shape index (κ3) is 6.85. The van der Waals surface area contributed by atoms with E-state index in [1.165, 1.54) is 6.07 Å². The van der Waals surface area contributed by atoms with E-state index in [4.69, 9.17) is 16.7 Å². The minimum Gasteiger partial charge on any atom is -0.481 e. The third-order valence-electron chi connectivity index (χ3n) is 7.31. The average Bonchev–Trinajstić information content (AvgIpc) is 3.33. The molecule has 0 radical (unpaired) electrons. The van der Waals surface area contributed by atoms with Crippen molar-refractivity contribution in [2.45, 2.75) is 45.2 Å². The highest BCUT2D eigenvalue weighted by Crippen LogP contribution is 2.36. The molecule has 0 saturated carbocycles. The Morgan fingerprint density at radius 1 is 1.00 bits per heavy atom. The maximum atomic E-state index is 14.2. The molecule has 3 aromatic carbocycles. The van der Waals surface area contributed by atoms with Crippen LogP contribution in [-0.2, 0) is 11.0 Å². The van der Waals surface area contributed by atoms with Gasteiger partial charge in [0.25, 0.3) is 5.91 Å². The van der Waals surface area contributed by atoms with Crippen LogP contribution in [0.5, 0.6) is 0 Å². The molecule has 4 aromatic rings.